The molecule has 0 saturated carbocycles. The molecule has 2 N–H and O–H groups in total. The number of ether oxygens (including phenoxy) is 1. The van der Waals surface area contributed by atoms with Crippen LogP contribution in [-0.2, 0) is 22.6 Å². The molecule has 0 unspecified atom stereocenters. The Labute approximate surface area is 191 Å². The summed E-state index contributed by atoms with van der Waals surface area (Å²) in [5.41, 5.74) is 1.40. The molecule has 0 bridgehead atoms. The van der Waals surface area contributed by atoms with E-state index in [0.717, 1.165) is 11.4 Å². The number of carbonyl (C=O) groups excluding carboxylic acids is 2. The van der Waals surface area contributed by atoms with Crippen molar-refractivity contribution < 1.29 is 14.3 Å². The Morgan fingerprint density at radius 3 is 2.41 bits per heavy atom. The van der Waals surface area contributed by atoms with Crippen molar-refractivity contribution in [1.82, 2.24) is 14.8 Å². The third kappa shape index (κ3) is 6.71. The fourth-order valence-electron chi connectivity index (χ4n) is 2.87. The first-order valence-electron chi connectivity index (χ1n) is 10.1. The van der Waals surface area contributed by atoms with Crippen LogP contribution in [-0.4, -0.2) is 38.9 Å². The molecule has 0 aliphatic heterocycles. The zero-order chi connectivity index (χ0) is 22.8. The van der Waals surface area contributed by atoms with Crippen molar-refractivity contribution in [1.29, 1.82) is 0 Å². The lowest BCUT2D eigenvalue weighted by molar-refractivity contribution is -0.116. The van der Waals surface area contributed by atoms with Crippen LogP contribution in [0, 0.1) is 0 Å². The maximum Gasteiger partial charge on any atom is 0.234 e. The van der Waals surface area contributed by atoms with Gasteiger partial charge in [0.1, 0.15) is 11.6 Å². The van der Waals surface area contributed by atoms with Gasteiger partial charge in [-0.2, -0.15) is 0 Å². The summed E-state index contributed by atoms with van der Waals surface area (Å²) >= 11 is 1.26. The number of allylic oxidation sites excluding steroid dienone is 1. The SMILES string of the molecule is C=CCn1c(CC(=O)Nc2ccc(OCC)cc2)nnc1SCC(=O)Nc1ccccc1. The highest BCUT2D eigenvalue weighted by molar-refractivity contribution is 7.99. The van der Waals surface area contributed by atoms with Crippen molar-refractivity contribution in [3.8, 4) is 5.75 Å². The second kappa shape index (κ2) is 11.7. The standard InChI is InChI=1S/C23H25N5O3S/c1-3-14-28-20(15-21(29)24-18-10-12-19(13-11-18)31-4-2)26-27-23(28)32-16-22(30)25-17-8-6-5-7-9-17/h3,5-13H,1,4,14-16H2,2H3,(H,24,29)(H,25,30). The van der Waals surface area contributed by atoms with Crippen molar-refractivity contribution in [3.63, 3.8) is 0 Å². The number of amides is 2. The van der Waals surface area contributed by atoms with E-state index in [0.29, 0.717) is 29.8 Å². The van der Waals surface area contributed by atoms with Crippen LogP contribution < -0.4 is 15.4 Å². The van der Waals surface area contributed by atoms with Crippen LogP contribution >= 0.6 is 11.8 Å². The molecule has 0 radical (unpaired) electrons. The Kier molecular flexibility index (Phi) is 8.44. The van der Waals surface area contributed by atoms with E-state index in [2.05, 4.69) is 27.4 Å². The number of hydrogen-bond donors (Lipinski definition) is 2. The van der Waals surface area contributed by atoms with Crippen LogP contribution in [0.25, 0.3) is 0 Å². The van der Waals surface area contributed by atoms with E-state index in [9.17, 15) is 9.59 Å². The van der Waals surface area contributed by atoms with Crippen LogP contribution in [0.2, 0.25) is 0 Å². The number of aromatic nitrogens is 3. The molecular weight excluding hydrogens is 426 g/mol. The van der Waals surface area contributed by atoms with E-state index >= 15 is 0 Å². The van der Waals surface area contributed by atoms with E-state index in [1.54, 1.807) is 34.9 Å². The molecule has 8 nitrogen and oxygen atoms in total. The average Bonchev–Trinajstić information content (AvgIpc) is 3.16. The summed E-state index contributed by atoms with van der Waals surface area (Å²) in [5.74, 6) is 1.05. The molecule has 166 valence electrons. The summed E-state index contributed by atoms with van der Waals surface area (Å²) in [5, 5.41) is 14.5. The Hall–Kier alpha value is -3.59. The van der Waals surface area contributed by atoms with Gasteiger partial charge in [-0.15, -0.1) is 16.8 Å². The van der Waals surface area contributed by atoms with E-state index < -0.39 is 0 Å². The number of thioether (sulfide) groups is 1. The Morgan fingerprint density at radius 1 is 1.03 bits per heavy atom. The lowest BCUT2D eigenvalue weighted by Gasteiger charge is -2.09. The van der Waals surface area contributed by atoms with Gasteiger partial charge < -0.3 is 19.9 Å². The van der Waals surface area contributed by atoms with Gasteiger partial charge in [0.2, 0.25) is 11.8 Å². The number of benzene rings is 2. The van der Waals surface area contributed by atoms with Gasteiger partial charge in [0.25, 0.3) is 0 Å². The molecule has 0 saturated heterocycles. The smallest absolute Gasteiger partial charge is 0.234 e. The number of anilines is 2. The van der Waals surface area contributed by atoms with Gasteiger partial charge in [-0.3, -0.25) is 9.59 Å². The predicted octanol–water partition coefficient (Wildman–Crippen LogP) is 3.77. The molecular formula is C23H25N5O3S. The van der Waals surface area contributed by atoms with Crippen molar-refractivity contribution in [2.24, 2.45) is 0 Å². The van der Waals surface area contributed by atoms with Crippen molar-refractivity contribution in [2.45, 2.75) is 25.0 Å². The first-order chi connectivity index (χ1) is 15.6. The molecule has 0 fully saturated rings. The minimum absolute atomic E-state index is 0.0465. The molecule has 3 aromatic rings. The van der Waals surface area contributed by atoms with E-state index in [1.165, 1.54) is 11.8 Å². The lowest BCUT2D eigenvalue weighted by Crippen LogP contribution is -2.18. The van der Waals surface area contributed by atoms with Gasteiger partial charge in [-0.25, -0.2) is 0 Å². The zero-order valence-corrected chi connectivity index (χ0v) is 18.6. The topological polar surface area (TPSA) is 98.1 Å². The molecule has 32 heavy (non-hydrogen) atoms. The fraction of sp³-hybridized carbons (Fsp3) is 0.217. The summed E-state index contributed by atoms with van der Waals surface area (Å²) in [6.45, 7) is 6.69. The summed E-state index contributed by atoms with van der Waals surface area (Å²) in [7, 11) is 0. The summed E-state index contributed by atoms with van der Waals surface area (Å²) in [4.78, 5) is 24.7. The van der Waals surface area contributed by atoms with Crippen molar-refractivity contribution in [3.05, 3.63) is 73.1 Å². The second-order valence-electron chi connectivity index (χ2n) is 6.68. The number of rotatable bonds is 11. The maximum atomic E-state index is 12.5. The minimum atomic E-state index is -0.217. The van der Waals surface area contributed by atoms with Crippen LogP contribution in [0.15, 0.2) is 72.4 Å². The van der Waals surface area contributed by atoms with Crippen LogP contribution in [0.4, 0.5) is 11.4 Å². The van der Waals surface area contributed by atoms with Gasteiger partial charge in [0.15, 0.2) is 5.16 Å². The van der Waals surface area contributed by atoms with Crippen molar-refractivity contribution in [2.75, 3.05) is 23.0 Å². The molecule has 1 heterocycles. The number of nitrogens with zero attached hydrogens (tertiary/aromatic N) is 3. The Morgan fingerprint density at radius 2 is 1.72 bits per heavy atom. The fourth-order valence-corrected chi connectivity index (χ4v) is 3.63. The number of hydrogen-bond acceptors (Lipinski definition) is 6. The first kappa shape index (κ1) is 23.1. The van der Waals surface area contributed by atoms with Crippen molar-refractivity contribution >= 4 is 35.0 Å². The Balaban J connectivity index is 1.59. The normalized spacial score (nSPS) is 10.4. The van der Waals surface area contributed by atoms with Crippen LogP contribution in [0.1, 0.15) is 12.7 Å². The van der Waals surface area contributed by atoms with E-state index in [4.69, 9.17) is 4.74 Å². The predicted molar refractivity (Wildman–Crippen MR) is 126 cm³/mol. The molecule has 1 aromatic heterocycles. The van der Waals surface area contributed by atoms with Gasteiger partial charge in [-0.05, 0) is 43.3 Å². The van der Waals surface area contributed by atoms with Gasteiger partial charge in [0.05, 0.1) is 18.8 Å². The third-order valence-electron chi connectivity index (χ3n) is 4.26. The molecule has 0 spiro atoms. The first-order valence-corrected chi connectivity index (χ1v) is 11.1. The molecule has 9 heteroatoms. The van der Waals surface area contributed by atoms with E-state index in [1.807, 2.05) is 37.3 Å². The maximum absolute atomic E-state index is 12.5. The number of carbonyl (C=O) groups is 2. The van der Waals surface area contributed by atoms with Gasteiger partial charge in [0, 0.05) is 17.9 Å². The Bertz CT molecular complexity index is 1050. The molecule has 0 aliphatic carbocycles. The zero-order valence-electron chi connectivity index (χ0n) is 17.8. The highest BCUT2D eigenvalue weighted by atomic mass is 32.2. The number of nitrogens with one attached hydrogen (secondary N) is 2. The van der Waals surface area contributed by atoms with Gasteiger partial charge in [-0.1, -0.05) is 36.0 Å². The summed E-state index contributed by atoms with van der Waals surface area (Å²) < 4.78 is 7.19. The molecule has 2 aromatic carbocycles. The highest BCUT2D eigenvalue weighted by Gasteiger charge is 2.16. The molecule has 2 amide bonds. The lowest BCUT2D eigenvalue weighted by atomic mass is 10.3. The largest absolute Gasteiger partial charge is 0.494 e. The van der Waals surface area contributed by atoms with E-state index in [-0.39, 0.29) is 24.0 Å². The van der Waals surface area contributed by atoms with Crippen LogP contribution in [0.3, 0.4) is 0 Å². The minimum Gasteiger partial charge on any atom is -0.494 e. The molecule has 3 rings (SSSR count). The number of para-hydroxylation sites is 1. The monoisotopic (exact) mass is 451 g/mol. The second-order valence-corrected chi connectivity index (χ2v) is 7.63. The molecule has 0 aliphatic rings. The summed E-state index contributed by atoms with van der Waals surface area (Å²) in [6, 6.07) is 16.4. The highest BCUT2D eigenvalue weighted by Crippen LogP contribution is 2.19. The average molecular weight is 452 g/mol. The third-order valence-corrected chi connectivity index (χ3v) is 5.23. The van der Waals surface area contributed by atoms with Crippen LogP contribution in [0.5, 0.6) is 5.75 Å². The summed E-state index contributed by atoms with van der Waals surface area (Å²) in [6.07, 6.45) is 1.75. The van der Waals surface area contributed by atoms with Gasteiger partial charge >= 0.3 is 0 Å². The molecule has 0 atom stereocenters. The quantitative estimate of drug-likeness (QED) is 0.340.